The molecule has 1 N–H and O–H groups in total. The molecule has 0 radical (unpaired) electrons. The second-order valence-electron chi connectivity index (χ2n) is 5.84. The third-order valence-electron chi connectivity index (χ3n) is 4.02. The number of likely N-dealkylation sites (tertiary alicyclic amines) is 1. The van der Waals surface area contributed by atoms with E-state index in [1.807, 2.05) is 0 Å². The van der Waals surface area contributed by atoms with Crippen LogP contribution >= 0.6 is 0 Å². The van der Waals surface area contributed by atoms with Crippen LogP contribution in [0, 0.1) is 11.6 Å². The lowest BCUT2D eigenvalue weighted by molar-refractivity contribution is 0.0718. The lowest BCUT2D eigenvalue weighted by atomic mass is 10.1. The molecule has 0 unspecified atom stereocenters. The number of rotatable bonds is 3. The monoisotopic (exact) mass is 345 g/mol. The molecule has 0 atom stereocenters. The van der Waals surface area contributed by atoms with Gasteiger partial charge in [0.25, 0.3) is 11.8 Å². The molecule has 0 saturated carbocycles. The molecule has 130 valence electrons. The first-order valence-electron chi connectivity index (χ1n) is 8.07. The number of nitrogens with zero attached hydrogens (tertiary/aromatic N) is 2. The number of piperidine rings is 1. The highest BCUT2D eigenvalue weighted by atomic mass is 19.1. The number of hydrogen-bond donors (Lipinski definition) is 1. The average Bonchev–Trinajstić information content (AvgIpc) is 2.64. The summed E-state index contributed by atoms with van der Waals surface area (Å²) in [5.41, 5.74) is 0.0154. The van der Waals surface area contributed by atoms with Gasteiger partial charge in [0.1, 0.15) is 23.0 Å². The third kappa shape index (κ3) is 3.99. The summed E-state index contributed by atoms with van der Waals surface area (Å²) in [6.45, 7) is 1.36. The van der Waals surface area contributed by atoms with Gasteiger partial charge in [-0.2, -0.15) is 0 Å². The van der Waals surface area contributed by atoms with Gasteiger partial charge in [0.05, 0.1) is 5.69 Å². The van der Waals surface area contributed by atoms with Crippen molar-refractivity contribution in [2.75, 3.05) is 18.4 Å². The molecular formula is C18H17F2N3O2. The van der Waals surface area contributed by atoms with Crippen molar-refractivity contribution in [3.8, 4) is 0 Å². The van der Waals surface area contributed by atoms with Gasteiger partial charge in [0, 0.05) is 19.2 Å². The number of hydrogen-bond acceptors (Lipinski definition) is 3. The molecule has 1 aromatic heterocycles. The largest absolute Gasteiger partial charge is 0.337 e. The number of anilines is 1. The highest BCUT2D eigenvalue weighted by molar-refractivity contribution is 6.03. The molecule has 0 bridgehead atoms. The highest BCUT2D eigenvalue weighted by Crippen LogP contribution is 2.16. The van der Waals surface area contributed by atoms with Gasteiger partial charge in [0.2, 0.25) is 0 Å². The maximum absolute atomic E-state index is 13.6. The highest BCUT2D eigenvalue weighted by Gasteiger charge is 2.20. The van der Waals surface area contributed by atoms with Crippen molar-refractivity contribution < 1.29 is 18.4 Å². The molecule has 1 saturated heterocycles. The Bertz CT molecular complexity index is 805. The van der Waals surface area contributed by atoms with E-state index in [0.29, 0.717) is 19.2 Å². The first-order valence-corrected chi connectivity index (χ1v) is 8.07. The Morgan fingerprint density at radius 2 is 1.72 bits per heavy atom. The summed E-state index contributed by atoms with van der Waals surface area (Å²) in [7, 11) is 0. The van der Waals surface area contributed by atoms with Gasteiger partial charge >= 0.3 is 0 Å². The Morgan fingerprint density at radius 3 is 2.44 bits per heavy atom. The molecule has 2 heterocycles. The maximum Gasteiger partial charge on any atom is 0.274 e. The van der Waals surface area contributed by atoms with Gasteiger partial charge in [-0.3, -0.25) is 9.59 Å². The van der Waals surface area contributed by atoms with Gasteiger partial charge in [-0.15, -0.1) is 0 Å². The molecule has 1 aliphatic rings. The van der Waals surface area contributed by atoms with Crippen LogP contribution in [0.3, 0.4) is 0 Å². The van der Waals surface area contributed by atoms with Gasteiger partial charge in [-0.1, -0.05) is 6.07 Å². The lowest BCUT2D eigenvalue weighted by Gasteiger charge is -2.26. The fraction of sp³-hybridized carbons (Fsp3) is 0.278. The minimum atomic E-state index is -0.881. The molecule has 1 aromatic carbocycles. The van der Waals surface area contributed by atoms with E-state index in [2.05, 4.69) is 10.3 Å². The summed E-state index contributed by atoms with van der Waals surface area (Å²) in [5.74, 6) is -2.50. The van der Waals surface area contributed by atoms with E-state index in [4.69, 9.17) is 0 Å². The topological polar surface area (TPSA) is 62.3 Å². The number of carbonyl (C=O) groups is 2. The zero-order valence-corrected chi connectivity index (χ0v) is 13.5. The maximum atomic E-state index is 13.6. The van der Waals surface area contributed by atoms with E-state index in [-0.39, 0.29) is 23.0 Å². The van der Waals surface area contributed by atoms with Crippen molar-refractivity contribution in [2.24, 2.45) is 0 Å². The quantitative estimate of drug-likeness (QED) is 0.929. The van der Waals surface area contributed by atoms with E-state index in [0.717, 1.165) is 31.4 Å². The number of nitrogens with one attached hydrogen (secondary N) is 1. The van der Waals surface area contributed by atoms with Crippen LogP contribution in [0.1, 0.15) is 40.2 Å². The molecule has 7 heteroatoms. The first-order chi connectivity index (χ1) is 12.0. The fourth-order valence-electron chi connectivity index (χ4n) is 2.72. The van der Waals surface area contributed by atoms with Crippen LogP contribution in [-0.4, -0.2) is 34.8 Å². The zero-order valence-electron chi connectivity index (χ0n) is 13.5. The van der Waals surface area contributed by atoms with Crippen LogP contribution in [0.4, 0.5) is 14.5 Å². The fourth-order valence-corrected chi connectivity index (χ4v) is 2.72. The predicted octanol–water partition coefficient (Wildman–Crippen LogP) is 3.24. The Kier molecular flexibility index (Phi) is 5.02. The third-order valence-corrected chi connectivity index (χ3v) is 4.02. The van der Waals surface area contributed by atoms with Crippen molar-refractivity contribution in [1.82, 2.24) is 9.88 Å². The van der Waals surface area contributed by atoms with Crippen LogP contribution in [0.5, 0.6) is 0 Å². The van der Waals surface area contributed by atoms with Crippen molar-refractivity contribution in [3.63, 3.8) is 0 Å². The molecule has 0 aliphatic carbocycles. The summed E-state index contributed by atoms with van der Waals surface area (Å²) in [5, 5.41) is 2.33. The molecule has 1 aliphatic heterocycles. The number of carbonyl (C=O) groups excluding carboxylic acids is 2. The molecule has 5 nitrogen and oxygen atoms in total. The van der Waals surface area contributed by atoms with Gasteiger partial charge in [-0.25, -0.2) is 13.8 Å². The van der Waals surface area contributed by atoms with E-state index in [1.54, 1.807) is 17.0 Å². The Hall–Kier alpha value is -2.83. The molecule has 0 spiro atoms. The van der Waals surface area contributed by atoms with Gasteiger partial charge < -0.3 is 10.2 Å². The number of halogens is 2. The molecule has 1 fully saturated rings. The summed E-state index contributed by atoms with van der Waals surface area (Å²) >= 11 is 0. The van der Waals surface area contributed by atoms with Crippen molar-refractivity contribution >= 4 is 17.5 Å². The van der Waals surface area contributed by atoms with Crippen molar-refractivity contribution in [1.29, 1.82) is 0 Å². The standard InChI is InChI=1S/C18H17F2N3O2/c19-12-7-8-14(13(20)11-12)22-17(24)15-5-4-6-16(21-15)18(25)23-9-2-1-3-10-23/h4-8,11H,1-3,9-10H2,(H,22,24). The lowest BCUT2D eigenvalue weighted by Crippen LogP contribution is -2.36. The van der Waals surface area contributed by atoms with Crippen LogP contribution in [-0.2, 0) is 0 Å². The number of benzene rings is 1. The van der Waals surface area contributed by atoms with Gasteiger partial charge in [-0.05, 0) is 43.5 Å². The summed E-state index contributed by atoms with van der Waals surface area (Å²) in [4.78, 5) is 30.5. The van der Waals surface area contributed by atoms with Crippen molar-refractivity contribution in [3.05, 3.63) is 59.4 Å². The van der Waals surface area contributed by atoms with Crippen molar-refractivity contribution in [2.45, 2.75) is 19.3 Å². The normalized spacial score (nSPS) is 14.2. The minimum Gasteiger partial charge on any atom is -0.337 e. The van der Waals surface area contributed by atoms with E-state index < -0.39 is 17.5 Å². The van der Waals surface area contributed by atoms with Crippen LogP contribution in [0.15, 0.2) is 36.4 Å². The summed E-state index contributed by atoms with van der Waals surface area (Å²) in [6.07, 6.45) is 3.01. The molecule has 2 amide bonds. The average molecular weight is 345 g/mol. The Labute approximate surface area is 143 Å². The Morgan fingerprint density at radius 1 is 1.00 bits per heavy atom. The van der Waals surface area contributed by atoms with Crippen LogP contribution < -0.4 is 5.32 Å². The number of pyridine rings is 1. The Balaban J connectivity index is 1.76. The number of aromatic nitrogens is 1. The molecular weight excluding hydrogens is 328 g/mol. The summed E-state index contributed by atoms with van der Waals surface area (Å²) < 4.78 is 26.6. The van der Waals surface area contributed by atoms with Crippen LogP contribution in [0.2, 0.25) is 0 Å². The second-order valence-corrected chi connectivity index (χ2v) is 5.84. The van der Waals surface area contributed by atoms with E-state index in [9.17, 15) is 18.4 Å². The predicted molar refractivity (Wildman–Crippen MR) is 88.3 cm³/mol. The molecule has 25 heavy (non-hydrogen) atoms. The first kappa shape index (κ1) is 17.0. The minimum absolute atomic E-state index is 0.00779. The SMILES string of the molecule is O=C(Nc1ccc(F)cc1F)c1cccc(C(=O)N2CCCCC2)n1. The van der Waals surface area contributed by atoms with Gasteiger partial charge in [0.15, 0.2) is 0 Å². The van der Waals surface area contributed by atoms with E-state index in [1.165, 1.54) is 6.07 Å². The second kappa shape index (κ2) is 7.38. The zero-order chi connectivity index (χ0) is 17.8. The number of amides is 2. The van der Waals surface area contributed by atoms with Crippen LogP contribution in [0.25, 0.3) is 0 Å². The van der Waals surface area contributed by atoms with E-state index >= 15 is 0 Å². The summed E-state index contributed by atoms with van der Waals surface area (Å²) in [6, 6.07) is 7.39. The molecule has 2 aromatic rings. The smallest absolute Gasteiger partial charge is 0.274 e. The molecule has 3 rings (SSSR count).